The minimum Gasteiger partial charge on any atom is -0.496 e. The third-order valence-corrected chi connectivity index (χ3v) is 7.47. The first-order valence-electron chi connectivity index (χ1n) is 9.56. The van der Waals surface area contributed by atoms with Crippen LogP contribution in [0.3, 0.4) is 0 Å². The van der Waals surface area contributed by atoms with Gasteiger partial charge in [-0.1, -0.05) is 54.1 Å². The number of aryl methyl sites for hydroxylation is 1. The highest BCUT2D eigenvalue weighted by Crippen LogP contribution is 2.37. The Morgan fingerprint density at radius 1 is 1.00 bits per heavy atom. The van der Waals surface area contributed by atoms with Crippen molar-refractivity contribution in [2.75, 3.05) is 20.2 Å². The molecule has 146 valence electrons. The zero-order chi connectivity index (χ0) is 19.7. The lowest BCUT2D eigenvalue weighted by Crippen LogP contribution is -2.29. The fraction of sp³-hybridized carbons (Fsp3) is 0.304. The van der Waals surface area contributed by atoms with Gasteiger partial charge in [-0.3, -0.25) is 0 Å². The van der Waals surface area contributed by atoms with Gasteiger partial charge in [0.1, 0.15) is 5.75 Å². The van der Waals surface area contributed by atoms with Crippen LogP contribution in [0, 0.1) is 18.8 Å². The molecule has 0 amide bonds. The number of benzene rings is 2. The van der Waals surface area contributed by atoms with E-state index in [2.05, 4.69) is 24.3 Å². The number of nitrogens with zero attached hydrogens (tertiary/aromatic N) is 1. The summed E-state index contributed by atoms with van der Waals surface area (Å²) in [7, 11) is -1.79. The van der Waals surface area contributed by atoms with Gasteiger partial charge in [-0.2, -0.15) is 4.31 Å². The fourth-order valence-electron chi connectivity index (χ4n) is 4.06. The molecule has 0 unspecified atom stereocenters. The van der Waals surface area contributed by atoms with Crippen molar-refractivity contribution in [1.82, 2.24) is 4.31 Å². The summed E-state index contributed by atoms with van der Waals surface area (Å²) in [6, 6.07) is 15.1. The van der Waals surface area contributed by atoms with Crippen molar-refractivity contribution in [2.45, 2.75) is 18.2 Å². The summed E-state index contributed by atoms with van der Waals surface area (Å²) in [6.45, 7) is 2.98. The Morgan fingerprint density at radius 2 is 1.71 bits per heavy atom. The molecule has 2 aliphatic rings. The molecule has 5 heteroatoms. The van der Waals surface area contributed by atoms with Crippen LogP contribution < -0.4 is 4.74 Å². The van der Waals surface area contributed by atoms with E-state index < -0.39 is 10.0 Å². The molecule has 1 heterocycles. The molecule has 2 aromatic rings. The Bertz CT molecular complexity index is 1020. The second-order valence-electron chi connectivity index (χ2n) is 7.49. The molecule has 0 aromatic heterocycles. The quantitative estimate of drug-likeness (QED) is 0.726. The van der Waals surface area contributed by atoms with Gasteiger partial charge in [0.2, 0.25) is 10.0 Å². The summed E-state index contributed by atoms with van der Waals surface area (Å²) in [5.41, 5.74) is 3.32. The molecule has 4 nitrogen and oxygen atoms in total. The third-order valence-electron chi connectivity index (χ3n) is 5.63. The van der Waals surface area contributed by atoms with Gasteiger partial charge < -0.3 is 4.74 Å². The Morgan fingerprint density at radius 3 is 2.46 bits per heavy atom. The molecule has 2 aromatic carbocycles. The topological polar surface area (TPSA) is 46.6 Å². The van der Waals surface area contributed by atoms with Gasteiger partial charge in [-0.05, 0) is 49.0 Å². The highest BCUT2D eigenvalue weighted by molar-refractivity contribution is 7.89. The highest BCUT2D eigenvalue weighted by Gasteiger charge is 2.38. The van der Waals surface area contributed by atoms with E-state index >= 15 is 0 Å². The number of hydrogen-bond donors (Lipinski definition) is 0. The second-order valence-corrected chi connectivity index (χ2v) is 9.43. The van der Waals surface area contributed by atoms with Gasteiger partial charge in [0, 0.05) is 18.7 Å². The summed E-state index contributed by atoms with van der Waals surface area (Å²) in [5.74, 6) is 1.22. The molecule has 0 N–H and O–H groups in total. The van der Waals surface area contributed by atoms with Crippen molar-refractivity contribution in [2.24, 2.45) is 11.8 Å². The summed E-state index contributed by atoms with van der Waals surface area (Å²) in [4.78, 5) is 0.368. The van der Waals surface area contributed by atoms with Crippen LogP contribution in [0.4, 0.5) is 0 Å². The predicted molar refractivity (Wildman–Crippen MR) is 112 cm³/mol. The summed E-state index contributed by atoms with van der Waals surface area (Å²) < 4.78 is 33.3. The van der Waals surface area contributed by atoms with Gasteiger partial charge in [-0.25, -0.2) is 8.42 Å². The molecule has 0 saturated carbocycles. The second kappa shape index (κ2) is 7.57. The molecule has 1 aliphatic carbocycles. The average molecular weight is 396 g/mol. The number of hydrogen-bond acceptors (Lipinski definition) is 3. The van der Waals surface area contributed by atoms with Crippen molar-refractivity contribution < 1.29 is 13.2 Å². The maximum absolute atomic E-state index is 13.1. The molecule has 28 heavy (non-hydrogen) atoms. The van der Waals surface area contributed by atoms with Crippen LogP contribution in [0.25, 0.3) is 5.57 Å². The van der Waals surface area contributed by atoms with Gasteiger partial charge >= 0.3 is 0 Å². The number of para-hydroxylation sites is 1. The molecule has 2 atom stereocenters. The maximum atomic E-state index is 13.1. The number of rotatable bonds is 4. The lowest BCUT2D eigenvalue weighted by Gasteiger charge is -2.17. The standard InChI is InChI=1S/C23H25NO3S/c1-17-10-12-21(13-11-17)28(25,26)24-15-19-7-5-6-18(14-20(19)16-24)22-8-3-4-9-23(22)27-2/h3-5,7-14,19-20H,6,15-16H2,1-2H3/t19-,20-/m0/s1. The highest BCUT2D eigenvalue weighted by atomic mass is 32.2. The van der Waals surface area contributed by atoms with Crippen molar-refractivity contribution in [3.8, 4) is 5.75 Å². The number of methoxy groups -OCH3 is 1. The summed E-state index contributed by atoms with van der Waals surface area (Å²) in [6.07, 6.45) is 7.41. The fourth-order valence-corrected chi connectivity index (χ4v) is 5.57. The van der Waals surface area contributed by atoms with E-state index in [9.17, 15) is 8.42 Å². The van der Waals surface area contributed by atoms with Crippen molar-refractivity contribution in [3.05, 3.63) is 77.9 Å². The zero-order valence-corrected chi connectivity index (χ0v) is 17.0. The lowest BCUT2D eigenvalue weighted by atomic mass is 9.93. The molecule has 1 saturated heterocycles. The van der Waals surface area contributed by atoms with E-state index in [1.165, 1.54) is 5.57 Å². The van der Waals surface area contributed by atoms with Crippen molar-refractivity contribution in [3.63, 3.8) is 0 Å². The molecule has 0 radical (unpaired) electrons. The molecular formula is C23H25NO3S. The minimum absolute atomic E-state index is 0.166. The number of sulfonamides is 1. The van der Waals surface area contributed by atoms with Crippen molar-refractivity contribution in [1.29, 1.82) is 0 Å². The molecule has 4 rings (SSSR count). The van der Waals surface area contributed by atoms with Gasteiger partial charge in [0.15, 0.2) is 0 Å². The summed E-state index contributed by atoms with van der Waals surface area (Å²) in [5, 5.41) is 0. The number of allylic oxidation sites excluding steroid dienone is 2. The van der Waals surface area contributed by atoms with Gasteiger partial charge in [0.25, 0.3) is 0 Å². The van der Waals surface area contributed by atoms with Crippen LogP contribution in [-0.4, -0.2) is 32.9 Å². The van der Waals surface area contributed by atoms with Gasteiger partial charge in [-0.15, -0.1) is 0 Å². The first-order chi connectivity index (χ1) is 13.5. The SMILES string of the molecule is COc1ccccc1C1=C[C@H]2CN(S(=O)(=O)c3ccc(C)cc3)C[C@@H]2C=CC1. The van der Waals surface area contributed by atoms with Crippen LogP contribution >= 0.6 is 0 Å². The van der Waals surface area contributed by atoms with Crippen molar-refractivity contribution >= 4 is 15.6 Å². The van der Waals surface area contributed by atoms with Gasteiger partial charge in [0.05, 0.1) is 12.0 Å². The molecule has 1 aliphatic heterocycles. The Hall–Kier alpha value is -2.37. The van der Waals surface area contributed by atoms with E-state index in [1.54, 1.807) is 23.5 Å². The summed E-state index contributed by atoms with van der Waals surface area (Å²) >= 11 is 0. The monoisotopic (exact) mass is 395 g/mol. The van der Waals surface area contributed by atoms with E-state index in [1.807, 2.05) is 37.3 Å². The first-order valence-corrected chi connectivity index (χ1v) is 11.0. The zero-order valence-electron chi connectivity index (χ0n) is 16.2. The van der Waals surface area contributed by atoms with E-state index in [-0.39, 0.29) is 11.8 Å². The number of fused-ring (bicyclic) bond motifs is 1. The maximum Gasteiger partial charge on any atom is 0.243 e. The smallest absolute Gasteiger partial charge is 0.243 e. The Labute approximate surface area is 167 Å². The normalized spacial score (nSPS) is 22.4. The van der Waals surface area contributed by atoms with E-state index in [4.69, 9.17) is 4.74 Å². The molecule has 0 bridgehead atoms. The first kappa shape index (κ1) is 19.0. The average Bonchev–Trinajstić information content (AvgIpc) is 3.01. The van der Waals surface area contributed by atoms with E-state index in [0.29, 0.717) is 18.0 Å². The molecular weight excluding hydrogens is 370 g/mol. The van der Waals surface area contributed by atoms with Crippen LogP contribution in [0.2, 0.25) is 0 Å². The Kier molecular flexibility index (Phi) is 5.13. The van der Waals surface area contributed by atoms with Crippen LogP contribution in [-0.2, 0) is 10.0 Å². The predicted octanol–water partition coefficient (Wildman–Crippen LogP) is 4.28. The Balaban J connectivity index is 1.63. The van der Waals surface area contributed by atoms with Crippen LogP contribution in [0.5, 0.6) is 5.75 Å². The number of ether oxygens (including phenoxy) is 1. The molecule has 1 fully saturated rings. The van der Waals surface area contributed by atoms with Crippen LogP contribution in [0.15, 0.2) is 71.7 Å². The van der Waals surface area contributed by atoms with E-state index in [0.717, 1.165) is 23.3 Å². The largest absolute Gasteiger partial charge is 0.496 e. The molecule has 0 spiro atoms. The van der Waals surface area contributed by atoms with Crippen LogP contribution in [0.1, 0.15) is 17.5 Å². The lowest BCUT2D eigenvalue weighted by molar-refractivity contribution is 0.413. The minimum atomic E-state index is -3.48. The third kappa shape index (κ3) is 3.52.